The zero-order chi connectivity index (χ0) is 12.8. The largest absolute Gasteiger partial charge is 0.469 e. The molecule has 4 nitrogen and oxygen atoms in total. The second kappa shape index (κ2) is 6.21. The summed E-state index contributed by atoms with van der Waals surface area (Å²) in [4.78, 5) is 10.9. The second-order valence-electron chi connectivity index (χ2n) is 4.11. The number of carbonyl (C=O) groups excluding carboxylic acids is 1. The van der Waals surface area contributed by atoms with Crippen LogP contribution in [-0.4, -0.2) is 19.6 Å². The van der Waals surface area contributed by atoms with Gasteiger partial charge in [0, 0.05) is 11.8 Å². The lowest BCUT2D eigenvalue weighted by atomic mass is 10.2. The first-order chi connectivity index (χ1) is 8.79. The van der Waals surface area contributed by atoms with Crippen LogP contribution in [0.4, 0.5) is 0 Å². The van der Waals surface area contributed by atoms with Crippen molar-refractivity contribution in [1.29, 1.82) is 0 Å². The number of rotatable bonds is 6. The molecule has 0 aliphatic rings. The summed E-state index contributed by atoms with van der Waals surface area (Å²) in [5.74, 6) is 0.745. The van der Waals surface area contributed by atoms with Gasteiger partial charge in [0.05, 0.1) is 13.7 Å². The molecule has 2 rings (SSSR count). The van der Waals surface area contributed by atoms with Crippen LogP contribution >= 0.6 is 0 Å². The van der Waals surface area contributed by atoms with Crippen LogP contribution in [-0.2, 0) is 16.1 Å². The van der Waals surface area contributed by atoms with Gasteiger partial charge >= 0.3 is 5.97 Å². The molecular formula is C14H17NO3. The van der Waals surface area contributed by atoms with Gasteiger partial charge in [0.1, 0.15) is 11.3 Å². The number of furan rings is 1. The Balaban J connectivity index is 1.75. The topological polar surface area (TPSA) is 51.5 Å². The van der Waals surface area contributed by atoms with Crippen molar-refractivity contribution in [3.8, 4) is 0 Å². The number of ether oxygens (including phenoxy) is 1. The van der Waals surface area contributed by atoms with Crippen LogP contribution in [0.25, 0.3) is 11.0 Å². The molecule has 0 amide bonds. The van der Waals surface area contributed by atoms with Gasteiger partial charge in [-0.25, -0.2) is 0 Å². The predicted octanol–water partition coefficient (Wildman–Crippen LogP) is 2.48. The zero-order valence-corrected chi connectivity index (χ0v) is 10.4. The van der Waals surface area contributed by atoms with Crippen LogP contribution in [0.15, 0.2) is 34.7 Å². The molecule has 0 aliphatic heterocycles. The molecule has 0 atom stereocenters. The molecule has 0 fully saturated rings. The maximum atomic E-state index is 10.9. The highest BCUT2D eigenvalue weighted by Crippen LogP contribution is 2.18. The molecule has 0 radical (unpaired) electrons. The minimum absolute atomic E-state index is 0.166. The highest BCUT2D eigenvalue weighted by atomic mass is 16.5. The fourth-order valence-corrected chi connectivity index (χ4v) is 1.80. The Morgan fingerprint density at radius 1 is 1.39 bits per heavy atom. The summed E-state index contributed by atoms with van der Waals surface area (Å²) >= 11 is 0. The van der Waals surface area contributed by atoms with Crippen LogP contribution in [0, 0.1) is 0 Å². The van der Waals surface area contributed by atoms with E-state index < -0.39 is 0 Å². The summed E-state index contributed by atoms with van der Waals surface area (Å²) in [5, 5.41) is 4.36. The van der Waals surface area contributed by atoms with Crippen molar-refractivity contribution in [1.82, 2.24) is 5.32 Å². The first-order valence-corrected chi connectivity index (χ1v) is 6.04. The Bertz CT molecular complexity index is 485. The van der Waals surface area contributed by atoms with Gasteiger partial charge in [0.15, 0.2) is 0 Å². The van der Waals surface area contributed by atoms with E-state index in [0.29, 0.717) is 13.0 Å². The summed E-state index contributed by atoms with van der Waals surface area (Å²) < 4.78 is 10.2. The van der Waals surface area contributed by atoms with Crippen LogP contribution in [0.1, 0.15) is 18.6 Å². The van der Waals surface area contributed by atoms with Crippen LogP contribution < -0.4 is 5.32 Å². The third-order valence-corrected chi connectivity index (χ3v) is 2.74. The standard InChI is InChI=1S/C14H17NO3/c1-17-14(16)7-4-8-15-10-12-9-11-5-2-3-6-13(11)18-12/h2-3,5-6,9,15H,4,7-8,10H2,1H3. The van der Waals surface area contributed by atoms with Gasteiger partial charge in [0.2, 0.25) is 0 Å². The van der Waals surface area contributed by atoms with Gasteiger partial charge in [-0.3, -0.25) is 4.79 Å². The molecule has 0 unspecified atom stereocenters. The molecular weight excluding hydrogens is 230 g/mol. The van der Waals surface area contributed by atoms with Crippen molar-refractivity contribution in [3.63, 3.8) is 0 Å². The average molecular weight is 247 g/mol. The summed E-state index contributed by atoms with van der Waals surface area (Å²) in [7, 11) is 1.41. The van der Waals surface area contributed by atoms with E-state index in [4.69, 9.17) is 4.42 Å². The first kappa shape index (κ1) is 12.6. The Hall–Kier alpha value is -1.81. The lowest BCUT2D eigenvalue weighted by molar-refractivity contribution is -0.140. The van der Waals surface area contributed by atoms with Crippen molar-refractivity contribution in [2.45, 2.75) is 19.4 Å². The minimum Gasteiger partial charge on any atom is -0.469 e. The highest BCUT2D eigenvalue weighted by Gasteiger charge is 2.03. The number of methoxy groups -OCH3 is 1. The molecule has 4 heteroatoms. The maximum Gasteiger partial charge on any atom is 0.305 e. The summed E-state index contributed by atoms with van der Waals surface area (Å²) in [6.45, 7) is 1.45. The van der Waals surface area contributed by atoms with Crippen LogP contribution in [0.5, 0.6) is 0 Å². The smallest absolute Gasteiger partial charge is 0.305 e. The number of esters is 1. The van der Waals surface area contributed by atoms with Crippen molar-refractivity contribution in [2.24, 2.45) is 0 Å². The Labute approximate surface area is 106 Å². The van der Waals surface area contributed by atoms with E-state index in [9.17, 15) is 4.79 Å². The third kappa shape index (κ3) is 3.34. The van der Waals surface area contributed by atoms with Gasteiger partial charge in [-0.1, -0.05) is 18.2 Å². The van der Waals surface area contributed by atoms with E-state index in [-0.39, 0.29) is 5.97 Å². The van der Waals surface area contributed by atoms with E-state index in [0.717, 1.165) is 29.7 Å². The quantitative estimate of drug-likeness (QED) is 0.629. The lowest BCUT2D eigenvalue weighted by Crippen LogP contribution is -2.15. The Morgan fingerprint density at radius 3 is 3.00 bits per heavy atom. The van der Waals surface area contributed by atoms with Crippen molar-refractivity contribution >= 4 is 16.9 Å². The second-order valence-corrected chi connectivity index (χ2v) is 4.11. The molecule has 1 aromatic heterocycles. The zero-order valence-electron chi connectivity index (χ0n) is 10.4. The van der Waals surface area contributed by atoms with Crippen molar-refractivity contribution in [3.05, 3.63) is 36.1 Å². The molecule has 1 heterocycles. The average Bonchev–Trinajstić information content (AvgIpc) is 2.80. The predicted molar refractivity (Wildman–Crippen MR) is 69.2 cm³/mol. The van der Waals surface area contributed by atoms with E-state index >= 15 is 0 Å². The molecule has 1 aromatic carbocycles. The Morgan fingerprint density at radius 2 is 2.22 bits per heavy atom. The van der Waals surface area contributed by atoms with E-state index in [1.807, 2.05) is 30.3 Å². The lowest BCUT2D eigenvalue weighted by Gasteiger charge is -2.01. The van der Waals surface area contributed by atoms with Gasteiger partial charge in [-0.05, 0) is 25.1 Å². The summed E-state index contributed by atoms with van der Waals surface area (Å²) in [6, 6.07) is 9.96. The van der Waals surface area contributed by atoms with Gasteiger partial charge in [-0.15, -0.1) is 0 Å². The van der Waals surface area contributed by atoms with E-state index in [1.165, 1.54) is 7.11 Å². The number of carbonyl (C=O) groups is 1. The molecule has 0 spiro atoms. The monoisotopic (exact) mass is 247 g/mol. The van der Waals surface area contributed by atoms with E-state index in [2.05, 4.69) is 10.1 Å². The number of hydrogen-bond donors (Lipinski definition) is 1. The minimum atomic E-state index is -0.166. The fraction of sp³-hybridized carbons (Fsp3) is 0.357. The highest BCUT2D eigenvalue weighted by molar-refractivity contribution is 5.77. The van der Waals surface area contributed by atoms with E-state index in [1.54, 1.807) is 0 Å². The molecule has 0 bridgehead atoms. The van der Waals surface area contributed by atoms with Crippen molar-refractivity contribution < 1.29 is 13.9 Å². The third-order valence-electron chi connectivity index (χ3n) is 2.74. The number of nitrogens with one attached hydrogen (secondary N) is 1. The first-order valence-electron chi connectivity index (χ1n) is 6.04. The summed E-state index contributed by atoms with van der Waals surface area (Å²) in [6.07, 6.45) is 1.22. The summed E-state index contributed by atoms with van der Waals surface area (Å²) in [5.41, 5.74) is 0.906. The molecule has 0 saturated heterocycles. The molecule has 1 N–H and O–H groups in total. The van der Waals surface area contributed by atoms with Gasteiger partial charge < -0.3 is 14.5 Å². The number of fused-ring (bicyclic) bond motifs is 1. The number of benzene rings is 1. The number of hydrogen-bond acceptors (Lipinski definition) is 4. The Kier molecular flexibility index (Phi) is 4.36. The fourth-order valence-electron chi connectivity index (χ4n) is 1.80. The molecule has 96 valence electrons. The molecule has 18 heavy (non-hydrogen) atoms. The van der Waals surface area contributed by atoms with Gasteiger partial charge in [-0.2, -0.15) is 0 Å². The maximum absolute atomic E-state index is 10.9. The molecule has 2 aromatic rings. The molecule has 0 saturated carbocycles. The van der Waals surface area contributed by atoms with Crippen molar-refractivity contribution in [2.75, 3.05) is 13.7 Å². The van der Waals surface area contributed by atoms with Crippen LogP contribution in [0.2, 0.25) is 0 Å². The normalized spacial score (nSPS) is 10.7. The molecule has 0 aliphatic carbocycles. The van der Waals surface area contributed by atoms with Gasteiger partial charge in [0.25, 0.3) is 0 Å². The number of para-hydroxylation sites is 1. The van der Waals surface area contributed by atoms with Crippen LogP contribution in [0.3, 0.4) is 0 Å². The SMILES string of the molecule is COC(=O)CCCNCc1cc2ccccc2o1.